The molecule has 14 heavy (non-hydrogen) atoms. The van der Waals surface area contributed by atoms with E-state index in [2.05, 4.69) is 33.0 Å². The Hall–Kier alpha value is -0.0400. The second-order valence-corrected chi connectivity index (χ2v) is 5.31. The molecule has 1 heteroatoms. The van der Waals surface area contributed by atoms with Gasteiger partial charge in [0.1, 0.15) is 0 Å². The summed E-state index contributed by atoms with van der Waals surface area (Å²) < 4.78 is 0. The van der Waals surface area contributed by atoms with Crippen LogP contribution in [0.2, 0.25) is 0 Å². The Bertz CT molecular complexity index is 161. The van der Waals surface area contributed by atoms with Crippen LogP contribution in [0.15, 0.2) is 0 Å². The van der Waals surface area contributed by atoms with Crippen LogP contribution in [-0.4, -0.2) is 12.6 Å². The van der Waals surface area contributed by atoms with Gasteiger partial charge in [-0.05, 0) is 37.5 Å². The van der Waals surface area contributed by atoms with Gasteiger partial charge in [-0.15, -0.1) is 0 Å². The molecule has 0 aliphatic heterocycles. The molecule has 0 aromatic carbocycles. The van der Waals surface area contributed by atoms with Crippen LogP contribution in [0.3, 0.4) is 0 Å². The van der Waals surface area contributed by atoms with Crippen LogP contribution in [-0.2, 0) is 0 Å². The molecule has 1 aliphatic carbocycles. The number of hydrogen-bond donors (Lipinski definition) is 1. The van der Waals surface area contributed by atoms with Crippen molar-refractivity contribution in [3.63, 3.8) is 0 Å². The summed E-state index contributed by atoms with van der Waals surface area (Å²) in [4.78, 5) is 0. The molecule has 0 spiro atoms. The molecular weight excluding hydrogens is 170 g/mol. The summed E-state index contributed by atoms with van der Waals surface area (Å²) in [6, 6.07) is 0.689. The maximum absolute atomic E-state index is 3.72. The van der Waals surface area contributed by atoms with Crippen LogP contribution in [0.5, 0.6) is 0 Å². The van der Waals surface area contributed by atoms with E-state index in [9.17, 15) is 0 Å². The zero-order valence-electron chi connectivity index (χ0n) is 10.4. The summed E-state index contributed by atoms with van der Waals surface area (Å²) in [5, 5.41) is 3.72. The quantitative estimate of drug-likeness (QED) is 0.657. The Morgan fingerprint density at radius 1 is 1.21 bits per heavy atom. The Kier molecular flexibility index (Phi) is 4.43. The summed E-state index contributed by atoms with van der Waals surface area (Å²) in [6.07, 6.45) is 6.98. The van der Waals surface area contributed by atoms with Gasteiger partial charge in [-0.25, -0.2) is 0 Å². The van der Waals surface area contributed by atoms with E-state index in [-0.39, 0.29) is 0 Å². The summed E-state index contributed by atoms with van der Waals surface area (Å²) in [7, 11) is 0. The highest BCUT2D eigenvalue weighted by atomic mass is 14.9. The van der Waals surface area contributed by atoms with Crippen LogP contribution in [0.1, 0.15) is 59.8 Å². The standard InChI is InChI=1S/C13H27N/c1-5-7-13(8-9-13)10-14-12(4)11(3)6-2/h11-12,14H,5-10H2,1-4H3. The fourth-order valence-corrected chi connectivity index (χ4v) is 2.15. The minimum absolute atomic E-state index is 0.689. The molecule has 0 bridgehead atoms. The van der Waals surface area contributed by atoms with Crippen molar-refractivity contribution in [2.45, 2.75) is 65.8 Å². The Morgan fingerprint density at radius 3 is 2.29 bits per heavy atom. The normalized spacial score (nSPS) is 23.1. The molecule has 2 unspecified atom stereocenters. The van der Waals surface area contributed by atoms with Crippen LogP contribution in [0.4, 0.5) is 0 Å². The van der Waals surface area contributed by atoms with Crippen molar-refractivity contribution in [3.05, 3.63) is 0 Å². The van der Waals surface area contributed by atoms with Crippen LogP contribution in [0, 0.1) is 11.3 Å². The van der Waals surface area contributed by atoms with Crippen LogP contribution in [0.25, 0.3) is 0 Å². The summed E-state index contributed by atoms with van der Waals surface area (Å²) in [5.41, 5.74) is 0.705. The summed E-state index contributed by atoms with van der Waals surface area (Å²) >= 11 is 0. The topological polar surface area (TPSA) is 12.0 Å². The largest absolute Gasteiger partial charge is 0.313 e. The van der Waals surface area contributed by atoms with Gasteiger partial charge in [0.15, 0.2) is 0 Å². The smallest absolute Gasteiger partial charge is 0.00644 e. The molecule has 0 amide bonds. The van der Waals surface area contributed by atoms with E-state index in [4.69, 9.17) is 0 Å². The van der Waals surface area contributed by atoms with E-state index < -0.39 is 0 Å². The van der Waals surface area contributed by atoms with Crippen molar-refractivity contribution in [2.24, 2.45) is 11.3 Å². The number of nitrogens with one attached hydrogen (secondary N) is 1. The predicted molar refractivity (Wildman–Crippen MR) is 63.5 cm³/mol. The fourth-order valence-electron chi connectivity index (χ4n) is 2.15. The Morgan fingerprint density at radius 2 is 1.86 bits per heavy atom. The maximum atomic E-state index is 3.72. The van der Waals surface area contributed by atoms with E-state index in [1.165, 1.54) is 38.6 Å². The maximum Gasteiger partial charge on any atom is 0.00644 e. The minimum Gasteiger partial charge on any atom is -0.313 e. The highest BCUT2D eigenvalue weighted by molar-refractivity contribution is 4.94. The van der Waals surface area contributed by atoms with Gasteiger partial charge in [0.05, 0.1) is 0 Å². The van der Waals surface area contributed by atoms with Crippen molar-refractivity contribution in [3.8, 4) is 0 Å². The van der Waals surface area contributed by atoms with Gasteiger partial charge < -0.3 is 5.32 Å². The lowest BCUT2D eigenvalue weighted by atomic mass is 9.97. The van der Waals surface area contributed by atoms with Crippen LogP contribution < -0.4 is 5.32 Å². The molecular formula is C13H27N. The first-order valence-electron chi connectivity index (χ1n) is 6.37. The number of rotatable bonds is 7. The third-order valence-corrected chi connectivity index (χ3v) is 4.03. The van der Waals surface area contributed by atoms with Crippen LogP contribution >= 0.6 is 0 Å². The zero-order chi connectivity index (χ0) is 10.6. The molecule has 1 rings (SSSR count). The van der Waals surface area contributed by atoms with Crippen molar-refractivity contribution >= 4 is 0 Å². The minimum atomic E-state index is 0.689. The summed E-state index contributed by atoms with van der Waals surface area (Å²) in [6.45, 7) is 10.5. The van der Waals surface area contributed by atoms with E-state index in [0.717, 1.165) is 5.92 Å². The molecule has 84 valence electrons. The van der Waals surface area contributed by atoms with Gasteiger partial charge in [-0.2, -0.15) is 0 Å². The SMILES string of the molecule is CCCC1(CNC(C)C(C)CC)CC1. The highest BCUT2D eigenvalue weighted by Gasteiger charge is 2.41. The zero-order valence-corrected chi connectivity index (χ0v) is 10.4. The highest BCUT2D eigenvalue weighted by Crippen LogP contribution is 2.49. The lowest BCUT2D eigenvalue weighted by Gasteiger charge is -2.23. The third-order valence-electron chi connectivity index (χ3n) is 4.03. The monoisotopic (exact) mass is 197 g/mol. The van der Waals surface area contributed by atoms with Crippen molar-refractivity contribution < 1.29 is 0 Å². The number of hydrogen-bond acceptors (Lipinski definition) is 1. The van der Waals surface area contributed by atoms with E-state index >= 15 is 0 Å². The van der Waals surface area contributed by atoms with E-state index in [0.29, 0.717) is 11.5 Å². The fraction of sp³-hybridized carbons (Fsp3) is 1.00. The first-order valence-corrected chi connectivity index (χ1v) is 6.37. The second-order valence-electron chi connectivity index (χ2n) is 5.31. The van der Waals surface area contributed by atoms with E-state index in [1.54, 1.807) is 0 Å². The molecule has 0 aromatic rings. The van der Waals surface area contributed by atoms with Crippen molar-refractivity contribution in [1.29, 1.82) is 0 Å². The van der Waals surface area contributed by atoms with E-state index in [1.807, 2.05) is 0 Å². The lowest BCUT2D eigenvalue weighted by Crippen LogP contribution is -2.36. The predicted octanol–water partition coefficient (Wildman–Crippen LogP) is 3.59. The average Bonchev–Trinajstić information content (AvgIpc) is 2.94. The first kappa shape index (κ1) is 12.0. The molecule has 0 radical (unpaired) electrons. The molecule has 1 aliphatic rings. The first-order chi connectivity index (χ1) is 6.63. The van der Waals surface area contributed by atoms with Gasteiger partial charge in [0.25, 0.3) is 0 Å². The molecule has 0 aromatic heterocycles. The third kappa shape index (κ3) is 3.27. The van der Waals surface area contributed by atoms with Gasteiger partial charge in [0, 0.05) is 12.6 Å². The molecule has 1 saturated carbocycles. The molecule has 1 fully saturated rings. The second kappa shape index (κ2) is 5.16. The van der Waals surface area contributed by atoms with Crippen molar-refractivity contribution in [1.82, 2.24) is 5.32 Å². The molecule has 0 saturated heterocycles. The van der Waals surface area contributed by atoms with Gasteiger partial charge in [-0.1, -0.05) is 33.6 Å². The van der Waals surface area contributed by atoms with Gasteiger partial charge in [-0.3, -0.25) is 0 Å². The molecule has 2 atom stereocenters. The van der Waals surface area contributed by atoms with Gasteiger partial charge >= 0.3 is 0 Å². The van der Waals surface area contributed by atoms with Gasteiger partial charge in [0.2, 0.25) is 0 Å². The van der Waals surface area contributed by atoms with Crippen molar-refractivity contribution in [2.75, 3.05) is 6.54 Å². The summed E-state index contributed by atoms with van der Waals surface area (Å²) in [5.74, 6) is 0.812. The molecule has 1 N–H and O–H groups in total. The Balaban J connectivity index is 2.19. The Labute approximate surface area is 89.7 Å². The lowest BCUT2D eigenvalue weighted by molar-refractivity contribution is 0.336. The molecule has 0 heterocycles. The molecule has 1 nitrogen and oxygen atoms in total. The average molecular weight is 197 g/mol.